The number of ether oxygens (including phenoxy) is 1. The summed E-state index contributed by atoms with van der Waals surface area (Å²) in [5, 5.41) is 0.819. The fraction of sp³-hybridized carbons (Fsp3) is 0.929. The van der Waals surface area contributed by atoms with Gasteiger partial charge in [-0.3, -0.25) is 4.79 Å². The van der Waals surface area contributed by atoms with E-state index in [1.54, 1.807) is 0 Å². The summed E-state index contributed by atoms with van der Waals surface area (Å²) in [6.07, 6.45) is 8.79. The van der Waals surface area contributed by atoms with Crippen molar-refractivity contribution in [1.82, 2.24) is 4.90 Å². The molecule has 0 radical (unpaired) electrons. The maximum atomic E-state index is 12.2. The van der Waals surface area contributed by atoms with Gasteiger partial charge in [-0.2, -0.15) is 0 Å². The van der Waals surface area contributed by atoms with Crippen LogP contribution < -0.4 is 0 Å². The molecule has 0 aromatic heterocycles. The molecule has 1 amide bonds. The van der Waals surface area contributed by atoms with Crippen LogP contribution in [0.3, 0.4) is 0 Å². The first-order valence-electron chi connectivity index (χ1n) is 7.25. The lowest BCUT2D eigenvalue weighted by molar-refractivity contribution is -0.138. The lowest BCUT2D eigenvalue weighted by Gasteiger charge is -2.32. The van der Waals surface area contributed by atoms with E-state index in [2.05, 4.69) is 15.9 Å². The molecule has 3 nitrogen and oxygen atoms in total. The van der Waals surface area contributed by atoms with Gasteiger partial charge in [-0.15, -0.1) is 0 Å². The van der Waals surface area contributed by atoms with Crippen LogP contribution in [0.4, 0.5) is 0 Å². The van der Waals surface area contributed by atoms with Gasteiger partial charge >= 0.3 is 0 Å². The van der Waals surface area contributed by atoms with Crippen molar-refractivity contribution in [3.63, 3.8) is 0 Å². The summed E-state index contributed by atoms with van der Waals surface area (Å²) in [4.78, 5) is 14.1. The lowest BCUT2D eigenvalue weighted by Crippen LogP contribution is -2.46. The van der Waals surface area contributed by atoms with Gasteiger partial charge in [0.1, 0.15) is 0 Å². The Labute approximate surface area is 118 Å². The minimum Gasteiger partial charge on any atom is -0.374 e. The Morgan fingerprint density at radius 2 is 2.06 bits per heavy atom. The van der Waals surface area contributed by atoms with Gasteiger partial charge in [0, 0.05) is 24.8 Å². The van der Waals surface area contributed by atoms with Gasteiger partial charge < -0.3 is 9.64 Å². The van der Waals surface area contributed by atoms with Gasteiger partial charge in [-0.05, 0) is 12.3 Å². The third-order valence-corrected chi connectivity index (χ3v) is 4.88. The fourth-order valence-electron chi connectivity index (χ4n) is 3.00. The molecule has 2 fully saturated rings. The summed E-state index contributed by atoms with van der Waals surface area (Å²) in [6, 6.07) is 0. The van der Waals surface area contributed by atoms with Crippen molar-refractivity contribution in [2.45, 2.75) is 51.0 Å². The van der Waals surface area contributed by atoms with Crippen LogP contribution >= 0.6 is 15.9 Å². The van der Waals surface area contributed by atoms with E-state index in [-0.39, 0.29) is 6.10 Å². The third-order valence-electron chi connectivity index (χ3n) is 4.15. The molecule has 0 aromatic carbocycles. The summed E-state index contributed by atoms with van der Waals surface area (Å²) < 4.78 is 5.56. The van der Waals surface area contributed by atoms with Gasteiger partial charge in [-0.25, -0.2) is 0 Å². The quantitative estimate of drug-likeness (QED) is 0.746. The van der Waals surface area contributed by atoms with Crippen molar-refractivity contribution in [2.24, 2.45) is 5.92 Å². The van der Waals surface area contributed by atoms with E-state index in [0.717, 1.165) is 37.2 Å². The highest BCUT2D eigenvalue weighted by atomic mass is 79.9. The molecule has 1 heterocycles. The zero-order valence-corrected chi connectivity index (χ0v) is 12.7. The van der Waals surface area contributed by atoms with E-state index in [1.165, 1.54) is 32.1 Å². The summed E-state index contributed by atoms with van der Waals surface area (Å²) in [5.41, 5.74) is 0. The SMILES string of the molecule is O=C(CCC1CCCCC1)N1CCOC(CBr)C1. The maximum absolute atomic E-state index is 12.2. The Kier molecular flexibility index (Phi) is 5.96. The molecule has 1 atom stereocenters. The molecule has 1 aliphatic carbocycles. The van der Waals surface area contributed by atoms with E-state index >= 15 is 0 Å². The monoisotopic (exact) mass is 317 g/mol. The number of alkyl halides is 1. The van der Waals surface area contributed by atoms with Crippen LogP contribution in [0.25, 0.3) is 0 Å². The molecule has 104 valence electrons. The van der Waals surface area contributed by atoms with Crippen LogP contribution in [0.1, 0.15) is 44.9 Å². The first-order chi connectivity index (χ1) is 8.79. The average molecular weight is 318 g/mol. The second-order valence-corrected chi connectivity index (χ2v) is 6.18. The number of morpholine rings is 1. The molecule has 1 unspecified atom stereocenters. The third kappa shape index (κ3) is 4.23. The number of halogens is 1. The smallest absolute Gasteiger partial charge is 0.222 e. The van der Waals surface area contributed by atoms with Crippen molar-refractivity contribution < 1.29 is 9.53 Å². The number of hydrogen-bond acceptors (Lipinski definition) is 2. The molecular weight excluding hydrogens is 294 g/mol. The Morgan fingerprint density at radius 3 is 2.78 bits per heavy atom. The Bertz CT molecular complexity index is 267. The van der Waals surface area contributed by atoms with Crippen molar-refractivity contribution in [3.8, 4) is 0 Å². The standard InChI is InChI=1S/C14H24BrNO2/c15-10-13-11-16(8-9-18-13)14(17)7-6-12-4-2-1-3-5-12/h12-13H,1-11H2. The predicted molar refractivity (Wildman–Crippen MR) is 75.9 cm³/mol. The van der Waals surface area contributed by atoms with Crippen LogP contribution in [0, 0.1) is 5.92 Å². The highest BCUT2D eigenvalue weighted by Gasteiger charge is 2.24. The summed E-state index contributed by atoms with van der Waals surface area (Å²) in [7, 11) is 0. The van der Waals surface area contributed by atoms with Crippen molar-refractivity contribution in [2.75, 3.05) is 25.0 Å². The first-order valence-corrected chi connectivity index (χ1v) is 8.37. The Morgan fingerprint density at radius 1 is 1.28 bits per heavy atom. The van der Waals surface area contributed by atoms with Crippen molar-refractivity contribution in [1.29, 1.82) is 0 Å². The summed E-state index contributed by atoms with van der Waals surface area (Å²) in [5.74, 6) is 1.13. The zero-order valence-electron chi connectivity index (χ0n) is 11.1. The zero-order chi connectivity index (χ0) is 12.8. The van der Waals surface area contributed by atoms with E-state index in [0.29, 0.717) is 12.5 Å². The molecule has 1 aliphatic heterocycles. The van der Waals surface area contributed by atoms with E-state index in [1.807, 2.05) is 4.90 Å². The largest absolute Gasteiger partial charge is 0.374 e. The van der Waals surface area contributed by atoms with Gasteiger partial charge in [0.2, 0.25) is 5.91 Å². The van der Waals surface area contributed by atoms with Gasteiger partial charge in [-0.1, -0.05) is 48.0 Å². The number of rotatable bonds is 4. The normalized spacial score (nSPS) is 26.3. The fourth-order valence-corrected chi connectivity index (χ4v) is 3.39. The van der Waals surface area contributed by atoms with Crippen LogP contribution in [-0.2, 0) is 9.53 Å². The molecule has 0 aromatic rings. The number of hydrogen-bond donors (Lipinski definition) is 0. The highest BCUT2D eigenvalue weighted by molar-refractivity contribution is 9.09. The topological polar surface area (TPSA) is 29.5 Å². The second kappa shape index (κ2) is 7.49. The molecule has 1 saturated carbocycles. The summed E-state index contributed by atoms with van der Waals surface area (Å²) >= 11 is 3.43. The number of carbonyl (C=O) groups excluding carboxylic acids is 1. The predicted octanol–water partition coefficient (Wildman–Crippen LogP) is 2.97. The second-order valence-electron chi connectivity index (χ2n) is 5.53. The number of amides is 1. The van der Waals surface area contributed by atoms with Crippen molar-refractivity contribution in [3.05, 3.63) is 0 Å². The molecule has 0 bridgehead atoms. The molecule has 0 spiro atoms. The Hall–Kier alpha value is -0.0900. The van der Waals surface area contributed by atoms with Gasteiger partial charge in [0.15, 0.2) is 0 Å². The molecule has 4 heteroatoms. The molecule has 0 N–H and O–H groups in total. The number of carbonyl (C=O) groups is 1. The average Bonchev–Trinajstić information content (AvgIpc) is 2.46. The van der Waals surface area contributed by atoms with Crippen LogP contribution in [-0.4, -0.2) is 41.9 Å². The maximum Gasteiger partial charge on any atom is 0.222 e. The molecule has 2 rings (SSSR count). The molecule has 2 aliphatic rings. The minimum absolute atomic E-state index is 0.178. The first kappa shape index (κ1) is 14.3. The van der Waals surface area contributed by atoms with E-state index < -0.39 is 0 Å². The molecule has 1 saturated heterocycles. The highest BCUT2D eigenvalue weighted by Crippen LogP contribution is 2.27. The molecule has 18 heavy (non-hydrogen) atoms. The van der Waals surface area contributed by atoms with Crippen molar-refractivity contribution >= 4 is 21.8 Å². The van der Waals surface area contributed by atoms with Gasteiger partial charge in [0.25, 0.3) is 0 Å². The van der Waals surface area contributed by atoms with E-state index in [4.69, 9.17) is 4.74 Å². The van der Waals surface area contributed by atoms with Crippen LogP contribution in [0.2, 0.25) is 0 Å². The Balaban J connectivity index is 1.70. The van der Waals surface area contributed by atoms with Crippen LogP contribution in [0.5, 0.6) is 0 Å². The minimum atomic E-state index is 0.178. The lowest BCUT2D eigenvalue weighted by atomic mass is 9.86. The van der Waals surface area contributed by atoms with Gasteiger partial charge in [0.05, 0.1) is 12.7 Å². The number of nitrogens with zero attached hydrogens (tertiary/aromatic N) is 1. The van der Waals surface area contributed by atoms with E-state index in [9.17, 15) is 4.79 Å². The summed E-state index contributed by atoms with van der Waals surface area (Å²) in [6.45, 7) is 2.22. The van der Waals surface area contributed by atoms with Crippen LogP contribution in [0.15, 0.2) is 0 Å². The molecular formula is C14H24BrNO2.